The van der Waals surface area contributed by atoms with Crippen molar-refractivity contribution in [3.63, 3.8) is 0 Å². The normalized spacial score (nSPS) is 11.0. The Bertz CT molecular complexity index is 724. The van der Waals surface area contributed by atoms with Crippen LogP contribution < -0.4 is 4.74 Å². The average molecular weight is 326 g/mol. The summed E-state index contributed by atoms with van der Waals surface area (Å²) in [6, 6.07) is 12.6. The van der Waals surface area contributed by atoms with E-state index >= 15 is 0 Å². The number of esters is 1. The van der Waals surface area contributed by atoms with Gasteiger partial charge in [-0.3, -0.25) is 4.79 Å². The quantitative estimate of drug-likeness (QED) is 0.599. The number of hydrogen-bond acceptors (Lipinski definition) is 4. The lowest BCUT2D eigenvalue weighted by Gasteiger charge is -2.19. The summed E-state index contributed by atoms with van der Waals surface area (Å²) in [6.07, 6.45) is 0.781. The lowest BCUT2D eigenvalue weighted by Crippen LogP contribution is -2.23. The number of hydrogen-bond donors (Lipinski definition) is 0. The molecule has 2 aromatic carbocycles. The highest BCUT2D eigenvalue weighted by Gasteiger charge is 2.17. The first-order chi connectivity index (χ1) is 11.3. The van der Waals surface area contributed by atoms with Gasteiger partial charge >= 0.3 is 5.97 Å². The topological polar surface area (TPSA) is 52.6 Å². The fourth-order valence-corrected chi connectivity index (χ4v) is 2.24. The van der Waals surface area contributed by atoms with Crippen LogP contribution >= 0.6 is 0 Å². The van der Waals surface area contributed by atoms with Gasteiger partial charge in [0.1, 0.15) is 11.4 Å². The van der Waals surface area contributed by atoms with Crippen LogP contribution in [0.1, 0.15) is 48.4 Å². The maximum absolute atomic E-state index is 12.0. The van der Waals surface area contributed by atoms with Gasteiger partial charge in [-0.15, -0.1) is 0 Å². The van der Waals surface area contributed by atoms with Crippen LogP contribution in [-0.2, 0) is 4.74 Å². The van der Waals surface area contributed by atoms with Gasteiger partial charge in [0.15, 0.2) is 6.29 Å². The van der Waals surface area contributed by atoms with Gasteiger partial charge in [0, 0.05) is 0 Å². The Morgan fingerprint density at radius 1 is 1.04 bits per heavy atom. The van der Waals surface area contributed by atoms with Crippen LogP contribution in [0.4, 0.5) is 0 Å². The van der Waals surface area contributed by atoms with Crippen molar-refractivity contribution in [3.8, 4) is 16.9 Å². The molecule has 126 valence electrons. The van der Waals surface area contributed by atoms with Crippen molar-refractivity contribution in [1.29, 1.82) is 0 Å². The molecule has 0 aromatic heterocycles. The van der Waals surface area contributed by atoms with Crippen LogP contribution in [0.2, 0.25) is 0 Å². The molecule has 0 spiro atoms. The minimum Gasteiger partial charge on any atom is -0.493 e. The third-order valence-corrected chi connectivity index (χ3v) is 3.29. The van der Waals surface area contributed by atoms with Gasteiger partial charge in [-0.05, 0) is 63.1 Å². The second-order valence-corrected chi connectivity index (χ2v) is 6.38. The van der Waals surface area contributed by atoms with E-state index in [9.17, 15) is 9.59 Å². The molecule has 2 aromatic rings. The van der Waals surface area contributed by atoms with Crippen molar-refractivity contribution in [2.75, 3.05) is 6.61 Å². The van der Waals surface area contributed by atoms with Crippen molar-refractivity contribution in [2.45, 2.75) is 33.3 Å². The van der Waals surface area contributed by atoms with E-state index in [4.69, 9.17) is 9.47 Å². The highest BCUT2D eigenvalue weighted by Crippen LogP contribution is 2.26. The van der Waals surface area contributed by atoms with Crippen molar-refractivity contribution in [1.82, 2.24) is 0 Å². The Labute approximate surface area is 142 Å². The Balaban J connectivity index is 2.25. The molecular weight excluding hydrogens is 304 g/mol. The van der Waals surface area contributed by atoms with E-state index in [1.165, 1.54) is 0 Å². The molecule has 0 aliphatic heterocycles. The van der Waals surface area contributed by atoms with Crippen LogP contribution in [0.25, 0.3) is 11.1 Å². The van der Waals surface area contributed by atoms with Crippen molar-refractivity contribution in [2.24, 2.45) is 0 Å². The van der Waals surface area contributed by atoms with Crippen molar-refractivity contribution < 1.29 is 19.1 Å². The molecule has 0 fully saturated rings. The minimum absolute atomic E-state index is 0.352. The number of carbonyl (C=O) groups excluding carboxylic acids is 2. The predicted molar refractivity (Wildman–Crippen MR) is 93.6 cm³/mol. The summed E-state index contributed by atoms with van der Waals surface area (Å²) in [5.74, 6) is 0.218. The van der Waals surface area contributed by atoms with Crippen LogP contribution in [-0.4, -0.2) is 24.5 Å². The van der Waals surface area contributed by atoms with Gasteiger partial charge in [0.2, 0.25) is 0 Å². The predicted octanol–water partition coefficient (Wildman–Crippen LogP) is 4.52. The summed E-state index contributed by atoms with van der Waals surface area (Å²) in [5.41, 5.74) is 2.27. The fraction of sp³-hybridized carbons (Fsp3) is 0.300. The molecule has 4 nitrogen and oxygen atoms in total. The molecule has 0 saturated heterocycles. The lowest BCUT2D eigenvalue weighted by molar-refractivity contribution is 0.00695. The Hall–Kier alpha value is -2.62. The van der Waals surface area contributed by atoms with Crippen molar-refractivity contribution >= 4 is 12.3 Å². The number of carbonyl (C=O) groups is 2. The van der Waals surface area contributed by atoms with E-state index in [2.05, 4.69) is 0 Å². The second-order valence-electron chi connectivity index (χ2n) is 6.38. The first-order valence-electron chi connectivity index (χ1n) is 7.90. The monoisotopic (exact) mass is 326 g/mol. The number of benzene rings is 2. The Morgan fingerprint density at radius 3 is 2.21 bits per heavy atom. The van der Waals surface area contributed by atoms with E-state index in [-0.39, 0.29) is 5.97 Å². The van der Waals surface area contributed by atoms with E-state index in [0.717, 1.165) is 17.4 Å². The summed E-state index contributed by atoms with van der Waals surface area (Å²) in [7, 11) is 0. The van der Waals surface area contributed by atoms with E-state index in [1.54, 1.807) is 24.3 Å². The van der Waals surface area contributed by atoms with Gasteiger partial charge in [-0.2, -0.15) is 0 Å². The summed E-state index contributed by atoms with van der Waals surface area (Å²) in [6.45, 7) is 7.88. The zero-order valence-electron chi connectivity index (χ0n) is 14.5. The van der Waals surface area contributed by atoms with Gasteiger partial charge in [-0.1, -0.05) is 18.2 Å². The van der Waals surface area contributed by atoms with Crippen LogP contribution in [0.3, 0.4) is 0 Å². The first kappa shape index (κ1) is 17.7. The molecule has 2 rings (SSSR count). The van der Waals surface area contributed by atoms with Crippen LogP contribution in [0.5, 0.6) is 5.75 Å². The largest absolute Gasteiger partial charge is 0.493 e. The SMILES string of the molecule is CCOc1ccc(-c2ccc(C(=O)OC(C)(C)C)cc2)cc1C=O. The molecule has 0 radical (unpaired) electrons. The lowest BCUT2D eigenvalue weighted by atomic mass is 10.0. The molecule has 0 atom stereocenters. The zero-order chi connectivity index (χ0) is 17.7. The van der Waals surface area contributed by atoms with Gasteiger partial charge < -0.3 is 9.47 Å². The van der Waals surface area contributed by atoms with E-state index < -0.39 is 5.60 Å². The molecule has 0 heterocycles. The maximum atomic E-state index is 12.0. The molecule has 24 heavy (non-hydrogen) atoms. The number of aldehydes is 1. The highest BCUT2D eigenvalue weighted by molar-refractivity contribution is 5.90. The summed E-state index contributed by atoms with van der Waals surface area (Å²) < 4.78 is 10.8. The van der Waals surface area contributed by atoms with Crippen molar-refractivity contribution in [3.05, 3.63) is 53.6 Å². The minimum atomic E-state index is -0.524. The first-order valence-corrected chi connectivity index (χ1v) is 7.90. The van der Waals surface area contributed by atoms with E-state index in [1.807, 2.05) is 45.9 Å². The van der Waals surface area contributed by atoms with Gasteiger partial charge in [0.25, 0.3) is 0 Å². The zero-order valence-corrected chi connectivity index (χ0v) is 14.5. The molecule has 0 saturated carbocycles. The number of rotatable bonds is 5. The molecule has 0 aliphatic rings. The molecule has 0 bridgehead atoms. The molecule has 0 amide bonds. The molecule has 0 aliphatic carbocycles. The fourth-order valence-electron chi connectivity index (χ4n) is 2.24. The van der Waals surface area contributed by atoms with E-state index in [0.29, 0.717) is 23.5 Å². The standard InChI is InChI=1S/C20H22O4/c1-5-23-18-11-10-16(12-17(18)13-21)14-6-8-15(9-7-14)19(22)24-20(2,3)4/h6-13H,5H2,1-4H3. The average Bonchev–Trinajstić information content (AvgIpc) is 2.54. The summed E-state index contributed by atoms with van der Waals surface area (Å²) in [5, 5.41) is 0. The van der Waals surface area contributed by atoms with Crippen LogP contribution in [0.15, 0.2) is 42.5 Å². The molecular formula is C20H22O4. The second kappa shape index (κ2) is 7.30. The Kier molecular flexibility index (Phi) is 5.39. The number of ether oxygens (including phenoxy) is 2. The summed E-state index contributed by atoms with van der Waals surface area (Å²) >= 11 is 0. The third-order valence-electron chi connectivity index (χ3n) is 3.29. The molecule has 4 heteroatoms. The molecule has 0 N–H and O–H groups in total. The van der Waals surface area contributed by atoms with Crippen LogP contribution in [0, 0.1) is 0 Å². The highest BCUT2D eigenvalue weighted by atomic mass is 16.6. The smallest absolute Gasteiger partial charge is 0.338 e. The third kappa shape index (κ3) is 4.44. The summed E-state index contributed by atoms with van der Waals surface area (Å²) in [4.78, 5) is 23.3. The van der Waals surface area contributed by atoms with Gasteiger partial charge in [-0.25, -0.2) is 4.79 Å². The molecule has 0 unspecified atom stereocenters. The van der Waals surface area contributed by atoms with Gasteiger partial charge in [0.05, 0.1) is 17.7 Å². The Morgan fingerprint density at radius 2 is 1.67 bits per heavy atom. The maximum Gasteiger partial charge on any atom is 0.338 e.